The van der Waals surface area contributed by atoms with E-state index in [-0.39, 0.29) is 5.75 Å². The lowest BCUT2D eigenvalue weighted by Gasteiger charge is -2.24. The number of nitrogens with one attached hydrogen (secondary N) is 2. The van der Waals surface area contributed by atoms with Crippen LogP contribution in [0.3, 0.4) is 0 Å². The van der Waals surface area contributed by atoms with Crippen molar-refractivity contribution in [3.63, 3.8) is 0 Å². The summed E-state index contributed by atoms with van der Waals surface area (Å²) in [6, 6.07) is 5.13. The number of aromatic amines is 1. The Kier molecular flexibility index (Phi) is 8.62. The number of hydrogen-bond acceptors (Lipinski definition) is 8. The SMILES string of the molecule is COC(=O)[C@H](C)N[P@@](=O)(OC[C@@H]1C=C[C@H](n2cc(C(F)(F)F)c(=O)[nH]c2=O)O1)Oc1ccc(Br)cc1. The summed E-state index contributed by atoms with van der Waals surface area (Å²) in [7, 11) is -3.07. The summed E-state index contributed by atoms with van der Waals surface area (Å²) in [6.07, 6.45) is -4.30. The largest absolute Gasteiger partial charge is 0.468 e. The van der Waals surface area contributed by atoms with E-state index in [1.165, 1.54) is 31.2 Å². The van der Waals surface area contributed by atoms with E-state index in [0.29, 0.717) is 10.8 Å². The minimum absolute atomic E-state index is 0.145. The third kappa shape index (κ3) is 6.95. The highest BCUT2D eigenvalue weighted by Crippen LogP contribution is 2.45. The molecule has 0 unspecified atom stereocenters. The Labute approximate surface area is 209 Å². The summed E-state index contributed by atoms with van der Waals surface area (Å²) < 4.78 is 74.9. The number of benzene rings is 1. The molecule has 3 rings (SSSR count). The fourth-order valence-corrected chi connectivity index (χ4v) is 4.75. The van der Waals surface area contributed by atoms with Gasteiger partial charge in [-0.15, -0.1) is 0 Å². The number of aromatic nitrogens is 2. The zero-order valence-corrected chi connectivity index (χ0v) is 21.1. The molecule has 0 saturated carbocycles. The second kappa shape index (κ2) is 11.1. The molecule has 2 heterocycles. The quantitative estimate of drug-likeness (QED) is 0.253. The maximum Gasteiger partial charge on any atom is 0.459 e. The molecule has 196 valence electrons. The van der Waals surface area contributed by atoms with Crippen LogP contribution in [0.2, 0.25) is 0 Å². The van der Waals surface area contributed by atoms with Gasteiger partial charge in [-0.3, -0.25) is 23.7 Å². The van der Waals surface area contributed by atoms with Gasteiger partial charge in [0.1, 0.15) is 23.5 Å². The highest BCUT2D eigenvalue weighted by Gasteiger charge is 2.37. The molecule has 0 saturated heterocycles. The van der Waals surface area contributed by atoms with Gasteiger partial charge < -0.3 is 14.0 Å². The van der Waals surface area contributed by atoms with E-state index in [9.17, 15) is 32.1 Å². The molecule has 11 nitrogen and oxygen atoms in total. The van der Waals surface area contributed by atoms with Gasteiger partial charge in [-0.05, 0) is 37.3 Å². The van der Waals surface area contributed by atoms with Crippen LogP contribution in [0.5, 0.6) is 5.75 Å². The smallest absolute Gasteiger partial charge is 0.459 e. The van der Waals surface area contributed by atoms with E-state index in [1.807, 2.05) is 0 Å². The van der Waals surface area contributed by atoms with Crippen LogP contribution in [-0.4, -0.2) is 41.4 Å². The van der Waals surface area contributed by atoms with Gasteiger partial charge in [0.05, 0.1) is 13.7 Å². The lowest BCUT2D eigenvalue weighted by molar-refractivity contribution is -0.142. The minimum atomic E-state index is -4.99. The summed E-state index contributed by atoms with van der Waals surface area (Å²) in [5.41, 5.74) is -4.28. The van der Waals surface area contributed by atoms with Crippen LogP contribution in [-0.2, 0) is 29.5 Å². The number of hydrogen-bond donors (Lipinski definition) is 2. The normalized spacial score (nSPS) is 20.1. The third-order valence-corrected chi connectivity index (χ3v) is 6.88. The summed E-state index contributed by atoms with van der Waals surface area (Å²) in [6.45, 7) is 0.932. The molecule has 1 aliphatic heterocycles. The molecule has 4 atom stereocenters. The van der Waals surface area contributed by atoms with Crippen molar-refractivity contribution in [2.75, 3.05) is 13.7 Å². The van der Waals surface area contributed by atoms with E-state index in [0.717, 1.165) is 11.6 Å². The maximum absolute atomic E-state index is 13.4. The number of esters is 1. The van der Waals surface area contributed by atoms with Crippen LogP contribution in [0.15, 0.2) is 56.7 Å². The van der Waals surface area contributed by atoms with E-state index in [1.54, 1.807) is 17.1 Å². The fourth-order valence-electron chi connectivity index (χ4n) is 2.98. The highest BCUT2D eigenvalue weighted by atomic mass is 79.9. The Morgan fingerprint density at radius 3 is 2.56 bits per heavy atom. The number of carbonyl (C=O) groups is 1. The summed E-state index contributed by atoms with van der Waals surface area (Å²) in [5.74, 6) is -0.598. The van der Waals surface area contributed by atoms with Crippen LogP contribution in [0.4, 0.5) is 13.2 Å². The monoisotopic (exact) mass is 597 g/mol. The van der Waals surface area contributed by atoms with Gasteiger partial charge in [-0.1, -0.05) is 22.0 Å². The highest BCUT2D eigenvalue weighted by molar-refractivity contribution is 9.10. The Bertz CT molecular complexity index is 1290. The Balaban J connectivity index is 1.74. The molecule has 2 N–H and O–H groups in total. The molecular formula is C20H20BrF3N3O8P. The first kappa shape index (κ1) is 27.9. The number of carbonyl (C=O) groups excluding carboxylic acids is 1. The first-order valence-corrected chi connectivity index (χ1v) is 12.5. The van der Waals surface area contributed by atoms with Crippen LogP contribution in [0.1, 0.15) is 18.7 Å². The van der Waals surface area contributed by atoms with Gasteiger partial charge >= 0.3 is 25.6 Å². The van der Waals surface area contributed by atoms with Crippen molar-refractivity contribution in [1.29, 1.82) is 0 Å². The van der Waals surface area contributed by atoms with Crippen molar-refractivity contribution in [3.05, 3.63) is 73.5 Å². The zero-order valence-electron chi connectivity index (χ0n) is 18.7. The molecule has 16 heteroatoms. The topological polar surface area (TPSA) is 138 Å². The summed E-state index contributed by atoms with van der Waals surface area (Å²) in [4.78, 5) is 36.9. The first-order chi connectivity index (χ1) is 16.8. The molecule has 0 fully saturated rings. The van der Waals surface area contributed by atoms with Crippen LogP contribution in [0.25, 0.3) is 0 Å². The molecule has 0 bridgehead atoms. The number of ether oxygens (including phenoxy) is 2. The molecule has 1 aliphatic rings. The number of methoxy groups -OCH3 is 1. The molecular weight excluding hydrogens is 578 g/mol. The molecule has 2 aromatic rings. The van der Waals surface area contributed by atoms with Gasteiger partial charge in [0, 0.05) is 10.7 Å². The van der Waals surface area contributed by atoms with Crippen molar-refractivity contribution >= 4 is 29.6 Å². The third-order valence-electron chi connectivity index (χ3n) is 4.71. The Morgan fingerprint density at radius 1 is 1.28 bits per heavy atom. The van der Waals surface area contributed by atoms with Crippen LogP contribution >= 0.6 is 23.7 Å². The van der Waals surface area contributed by atoms with Crippen molar-refractivity contribution in [3.8, 4) is 5.75 Å². The molecule has 1 aromatic heterocycles. The lowest BCUT2D eigenvalue weighted by Crippen LogP contribution is -2.37. The van der Waals surface area contributed by atoms with Crippen molar-refractivity contribution in [2.24, 2.45) is 0 Å². The second-order valence-electron chi connectivity index (χ2n) is 7.37. The average Bonchev–Trinajstić information content (AvgIpc) is 3.26. The molecule has 0 aliphatic carbocycles. The standard InChI is InChI=1S/C20H20BrF3N3O8P/c1-11(18(29)32-2)26-36(31,35-13-5-3-12(21)4-6-13)33-10-14-7-8-16(34-14)27-9-15(20(22,23)24)17(28)25-19(27)30/h3-9,11,14,16H,10H2,1-2H3,(H,26,31)(H,25,28,30)/t11-,14-,16+,36+/m0/s1. The molecule has 0 spiro atoms. The molecule has 0 amide bonds. The Morgan fingerprint density at radius 2 is 1.94 bits per heavy atom. The molecule has 1 aromatic carbocycles. The predicted octanol–water partition coefficient (Wildman–Crippen LogP) is 3.13. The first-order valence-electron chi connectivity index (χ1n) is 10.1. The molecule has 36 heavy (non-hydrogen) atoms. The van der Waals surface area contributed by atoms with Crippen molar-refractivity contribution < 1.29 is 41.1 Å². The number of H-pyrrole nitrogens is 1. The van der Waals surface area contributed by atoms with Crippen molar-refractivity contribution in [2.45, 2.75) is 31.5 Å². The van der Waals surface area contributed by atoms with E-state index in [4.69, 9.17) is 13.8 Å². The van der Waals surface area contributed by atoms with E-state index >= 15 is 0 Å². The van der Waals surface area contributed by atoms with Gasteiger partial charge in [0.15, 0.2) is 6.23 Å². The van der Waals surface area contributed by atoms with Gasteiger partial charge in [-0.25, -0.2) is 9.36 Å². The second-order valence-corrected chi connectivity index (χ2v) is 9.98. The number of nitrogens with zero attached hydrogens (tertiary/aromatic N) is 1. The van der Waals surface area contributed by atoms with Gasteiger partial charge in [0.25, 0.3) is 5.56 Å². The fraction of sp³-hybridized carbons (Fsp3) is 0.350. The average molecular weight is 598 g/mol. The van der Waals surface area contributed by atoms with E-state index in [2.05, 4.69) is 25.8 Å². The zero-order chi connectivity index (χ0) is 26.7. The molecule has 0 radical (unpaired) electrons. The summed E-state index contributed by atoms with van der Waals surface area (Å²) in [5, 5.41) is 2.44. The van der Waals surface area contributed by atoms with Crippen LogP contribution < -0.4 is 20.9 Å². The predicted molar refractivity (Wildman–Crippen MR) is 122 cm³/mol. The van der Waals surface area contributed by atoms with Crippen molar-refractivity contribution in [1.82, 2.24) is 14.6 Å². The van der Waals surface area contributed by atoms with Gasteiger partial charge in [0.2, 0.25) is 0 Å². The number of alkyl halides is 3. The maximum atomic E-state index is 13.4. The lowest BCUT2D eigenvalue weighted by atomic mass is 10.3. The number of rotatable bonds is 9. The number of halogens is 4. The Hall–Kier alpha value is -2.71. The van der Waals surface area contributed by atoms with Gasteiger partial charge in [-0.2, -0.15) is 18.3 Å². The summed E-state index contributed by atoms with van der Waals surface area (Å²) >= 11 is 3.26. The minimum Gasteiger partial charge on any atom is -0.468 e. The van der Waals surface area contributed by atoms with E-state index < -0.39 is 61.7 Å². The van der Waals surface area contributed by atoms with Crippen LogP contribution in [0, 0.1) is 0 Å².